The van der Waals surface area contributed by atoms with E-state index in [-0.39, 0.29) is 5.92 Å². The van der Waals surface area contributed by atoms with Crippen LogP contribution in [0.15, 0.2) is 87.9 Å². The van der Waals surface area contributed by atoms with Gasteiger partial charge < -0.3 is 4.52 Å². The van der Waals surface area contributed by atoms with Crippen molar-refractivity contribution in [2.75, 3.05) is 0 Å². The van der Waals surface area contributed by atoms with Crippen LogP contribution in [0.2, 0.25) is 0 Å². The zero-order chi connectivity index (χ0) is 17.8. The molecule has 0 N–H and O–H groups in total. The summed E-state index contributed by atoms with van der Waals surface area (Å²) < 4.78 is 6.48. The normalized spacial score (nSPS) is 12.0. The van der Waals surface area contributed by atoms with Crippen molar-refractivity contribution in [3.63, 3.8) is 0 Å². The van der Waals surface area contributed by atoms with E-state index in [1.807, 2.05) is 54.6 Å². The van der Waals surface area contributed by atoms with Crippen LogP contribution in [0.5, 0.6) is 0 Å². The lowest BCUT2D eigenvalue weighted by Crippen LogP contribution is -2.07. The number of nitrogens with zero attached hydrogens (tertiary/aromatic N) is 2. The summed E-state index contributed by atoms with van der Waals surface area (Å²) in [5.74, 6) is 1.26. The van der Waals surface area contributed by atoms with Crippen LogP contribution in [0.4, 0.5) is 0 Å². The molecule has 26 heavy (non-hydrogen) atoms. The predicted molar refractivity (Wildman–Crippen MR) is 105 cm³/mol. The highest BCUT2D eigenvalue weighted by atomic mass is 79.9. The van der Waals surface area contributed by atoms with Crippen molar-refractivity contribution in [2.24, 2.45) is 0 Å². The molecule has 0 amide bonds. The van der Waals surface area contributed by atoms with Gasteiger partial charge in [0.1, 0.15) is 0 Å². The zero-order valence-corrected chi connectivity index (χ0v) is 15.6. The minimum Gasteiger partial charge on any atom is -0.334 e. The van der Waals surface area contributed by atoms with E-state index in [1.165, 1.54) is 5.56 Å². The number of hydrogen-bond donors (Lipinski definition) is 0. The van der Waals surface area contributed by atoms with Gasteiger partial charge in [0.15, 0.2) is 5.82 Å². The molecule has 1 unspecified atom stereocenters. The molecule has 127 valence electrons. The van der Waals surface area contributed by atoms with Crippen LogP contribution in [-0.2, 0) is 6.42 Å². The molecular weight excluding hydrogens is 388 g/mol. The number of hydrogen-bond acceptors (Lipinski definition) is 3. The van der Waals surface area contributed by atoms with Crippen molar-refractivity contribution in [3.05, 3.63) is 106 Å². The molecule has 1 aromatic heterocycles. The van der Waals surface area contributed by atoms with Crippen molar-refractivity contribution in [1.82, 2.24) is 10.1 Å². The quantitative estimate of drug-likeness (QED) is 0.430. The molecule has 0 spiro atoms. The molecule has 3 aromatic carbocycles. The molecular formula is C22H16BrN2O. The molecule has 1 heterocycles. The van der Waals surface area contributed by atoms with Crippen LogP contribution in [0.3, 0.4) is 0 Å². The molecule has 1 radical (unpaired) electrons. The number of halogens is 1. The summed E-state index contributed by atoms with van der Waals surface area (Å²) in [6.45, 7) is 0. The molecule has 0 bridgehead atoms. The molecule has 1 atom stereocenters. The monoisotopic (exact) mass is 403 g/mol. The Balaban J connectivity index is 1.70. The maximum Gasteiger partial charge on any atom is 0.257 e. The maximum absolute atomic E-state index is 5.54. The topological polar surface area (TPSA) is 38.9 Å². The summed E-state index contributed by atoms with van der Waals surface area (Å²) in [6, 6.07) is 29.3. The first-order valence-corrected chi connectivity index (χ1v) is 9.19. The summed E-state index contributed by atoms with van der Waals surface area (Å²) >= 11 is 3.49. The van der Waals surface area contributed by atoms with E-state index < -0.39 is 0 Å². The molecule has 0 aliphatic heterocycles. The second kappa shape index (κ2) is 7.67. The van der Waals surface area contributed by atoms with E-state index in [1.54, 1.807) is 0 Å². The first-order valence-electron chi connectivity index (χ1n) is 8.40. The van der Waals surface area contributed by atoms with Crippen LogP contribution in [0.25, 0.3) is 11.5 Å². The largest absolute Gasteiger partial charge is 0.334 e. The third-order valence-corrected chi connectivity index (χ3v) is 4.70. The second-order valence-electron chi connectivity index (χ2n) is 6.04. The van der Waals surface area contributed by atoms with Gasteiger partial charge >= 0.3 is 0 Å². The van der Waals surface area contributed by atoms with Crippen molar-refractivity contribution in [3.8, 4) is 11.5 Å². The van der Waals surface area contributed by atoms with E-state index in [2.05, 4.69) is 56.4 Å². The van der Waals surface area contributed by atoms with Crippen LogP contribution < -0.4 is 0 Å². The molecule has 0 saturated heterocycles. The summed E-state index contributed by atoms with van der Waals surface area (Å²) in [6.07, 6.45) is 0.783. The van der Waals surface area contributed by atoms with Gasteiger partial charge in [-0.2, -0.15) is 4.98 Å². The Morgan fingerprint density at radius 1 is 0.962 bits per heavy atom. The smallest absolute Gasteiger partial charge is 0.257 e. The van der Waals surface area contributed by atoms with Gasteiger partial charge in [-0.25, -0.2) is 0 Å². The summed E-state index contributed by atoms with van der Waals surface area (Å²) in [4.78, 5) is 4.68. The molecule has 0 aliphatic rings. The Morgan fingerprint density at radius 3 is 2.42 bits per heavy atom. The van der Waals surface area contributed by atoms with Crippen molar-refractivity contribution >= 4 is 15.9 Å². The zero-order valence-electron chi connectivity index (χ0n) is 14.0. The van der Waals surface area contributed by atoms with Crippen molar-refractivity contribution < 1.29 is 4.52 Å². The fourth-order valence-electron chi connectivity index (χ4n) is 2.96. The highest BCUT2D eigenvalue weighted by Crippen LogP contribution is 2.29. The molecule has 4 heteroatoms. The average Bonchev–Trinajstić information content (AvgIpc) is 3.17. The van der Waals surface area contributed by atoms with Gasteiger partial charge in [-0.15, -0.1) is 0 Å². The van der Waals surface area contributed by atoms with Gasteiger partial charge in [-0.1, -0.05) is 81.8 Å². The van der Waals surface area contributed by atoms with Crippen LogP contribution in [0.1, 0.15) is 22.9 Å². The summed E-state index contributed by atoms with van der Waals surface area (Å²) in [5.41, 5.74) is 3.28. The van der Waals surface area contributed by atoms with Crippen LogP contribution in [-0.4, -0.2) is 10.1 Å². The highest BCUT2D eigenvalue weighted by Gasteiger charge is 2.21. The maximum atomic E-state index is 5.54. The molecule has 0 saturated carbocycles. The lowest BCUT2D eigenvalue weighted by Gasteiger charge is -2.14. The average molecular weight is 404 g/mol. The molecule has 4 aromatic rings. The Kier molecular flexibility index (Phi) is 4.93. The molecule has 0 fully saturated rings. The van der Waals surface area contributed by atoms with Gasteiger partial charge in [-0.05, 0) is 41.8 Å². The minimum absolute atomic E-state index is 0.0201. The predicted octanol–water partition coefficient (Wildman–Crippen LogP) is 5.67. The summed E-state index contributed by atoms with van der Waals surface area (Å²) in [7, 11) is 0. The third kappa shape index (κ3) is 3.75. The molecule has 4 rings (SSSR count). The number of rotatable bonds is 5. The number of aromatic nitrogens is 2. The third-order valence-electron chi connectivity index (χ3n) is 4.25. The molecule has 3 nitrogen and oxygen atoms in total. The lowest BCUT2D eigenvalue weighted by molar-refractivity contribution is 0.419. The van der Waals surface area contributed by atoms with Crippen LogP contribution in [0, 0.1) is 6.07 Å². The fraction of sp³-hybridized carbons (Fsp3) is 0.0909. The molecule has 0 aliphatic carbocycles. The van der Waals surface area contributed by atoms with Gasteiger partial charge in [0, 0.05) is 10.0 Å². The van der Waals surface area contributed by atoms with Crippen LogP contribution >= 0.6 is 15.9 Å². The SMILES string of the molecule is Brc1[c]ccc(CC(c2ccccc2)c2noc(-c3ccccc3)n2)c1. The fourth-order valence-corrected chi connectivity index (χ4v) is 3.39. The van der Waals surface area contributed by atoms with Gasteiger partial charge in [-0.3, -0.25) is 0 Å². The Bertz CT molecular complexity index is 983. The van der Waals surface area contributed by atoms with Crippen molar-refractivity contribution in [1.29, 1.82) is 0 Å². The van der Waals surface area contributed by atoms with Gasteiger partial charge in [0.2, 0.25) is 0 Å². The first kappa shape index (κ1) is 16.7. The number of benzene rings is 3. The van der Waals surface area contributed by atoms with E-state index >= 15 is 0 Å². The van der Waals surface area contributed by atoms with E-state index in [9.17, 15) is 0 Å². The first-order chi connectivity index (χ1) is 12.8. The summed E-state index contributed by atoms with van der Waals surface area (Å²) in [5, 5.41) is 4.28. The Labute approximate surface area is 160 Å². The van der Waals surface area contributed by atoms with E-state index in [0.29, 0.717) is 11.7 Å². The van der Waals surface area contributed by atoms with Crippen molar-refractivity contribution in [2.45, 2.75) is 12.3 Å². The highest BCUT2D eigenvalue weighted by molar-refractivity contribution is 9.10. The Morgan fingerprint density at radius 2 is 1.69 bits per heavy atom. The minimum atomic E-state index is 0.0201. The van der Waals surface area contributed by atoms with Gasteiger partial charge in [0.05, 0.1) is 5.92 Å². The standard InChI is InChI=1S/C22H16BrN2O/c23-19-13-7-8-16(14-19)15-20(17-9-3-1-4-10-17)21-24-22(26-25-21)18-11-5-2-6-12-18/h1-12,14,20H,15H2. The van der Waals surface area contributed by atoms with Gasteiger partial charge in [0.25, 0.3) is 5.89 Å². The van der Waals surface area contributed by atoms with E-state index in [4.69, 9.17) is 4.52 Å². The second-order valence-corrected chi connectivity index (χ2v) is 6.89. The van der Waals surface area contributed by atoms with E-state index in [0.717, 1.165) is 22.0 Å². The lowest BCUT2D eigenvalue weighted by atomic mass is 9.91. The Hall–Kier alpha value is -2.72.